The van der Waals surface area contributed by atoms with E-state index in [9.17, 15) is 0 Å². The molecule has 0 radical (unpaired) electrons. The van der Waals surface area contributed by atoms with Gasteiger partial charge in [0.25, 0.3) is 0 Å². The summed E-state index contributed by atoms with van der Waals surface area (Å²) in [5, 5.41) is 7.46. The van der Waals surface area contributed by atoms with E-state index < -0.39 is 0 Å². The molecule has 0 aromatic carbocycles. The van der Waals surface area contributed by atoms with E-state index in [-0.39, 0.29) is 0 Å². The average molecular weight is 293 g/mol. The minimum Gasteiger partial charge on any atom is -0.315 e. The van der Waals surface area contributed by atoms with Gasteiger partial charge in [-0.2, -0.15) is 0 Å². The first-order valence-electron chi connectivity index (χ1n) is 9.32. The first-order chi connectivity index (χ1) is 9.88. The van der Waals surface area contributed by atoms with E-state index in [0.29, 0.717) is 16.9 Å². The molecular weight excluding hydrogens is 256 g/mol. The van der Waals surface area contributed by atoms with Crippen LogP contribution in [0.5, 0.6) is 0 Å². The molecule has 21 heavy (non-hydrogen) atoms. The third-order valence-electron chi connectivity index (χ3n) is 6.30. The summed E-state index contributed by atoms with van der Waals surface area (Å²) < 4.78 is 0. The second kappa shape index (κ2) is 5.85. The first-order valence-corrected chi connectivity index (χ1v) is 9.32. The van der Waals surface area contributed by atoms with Crippen molar-refractivity contribution in [2.45, 2.75) is 72.3 Å². The van der Waals surface area contributed by atoms with Crippen molar-refractivity contribution in [3.05, 3.63) is 0 Å². The van der Waals surface area contributed by atoms with Gasteiger partial charge in [-0.1, -0.05) is 20.8 Å². The SMILES string of the molecule is CC(C)CNCC(C)NCC12CC3CC(CC(C)(C3)C1)C2. The van der Waals surface area contributed by atoms with Crippen molar-refractivity contribution in [2.75, 3.05) is 19.6 Å². The minimum atomic E-state index is 0.601. The molecule has 0 aliphatic heterocycles. The van der Waals surface area contributed by atoms with E-state index in [0.717, 1.165) is 30.8 Å². The largest absolute Gasteiger partial charge is 0.315 e. The van der Waals surface area contributed by atoms with Crippen LogP contribution in [0.4, 0.5) is 0 Å². The van der Waals surface area contributed by atoms with Crippen molar-refractivity contribution >= 4 is 0 Å². The molecule has 4 aliphatic carbocycles. The number of nitrogens with one attached hydrogen (secondary N) is 2. The third-order valence-corrected chi connectivity index (χ3v) is 6.30. The maximum Gasteiger partial charge on any atom is 0.0164 e. The summed E-state index contributed by atoms with van der Waals surface area (Å²) >= 11 is 0. The summed E-state index contributed by atoms with van der Waals surface area (Å²) in [7, 11) is 0. The summed E-state index contributed by atoms with van der Waals surface area (Å²) in [5.74, 6) is 2.85. The number of hydrogen-bond acceptors (Lipinski definition) is 2. The van der Waals surface area contributed by atoms with Crippen LogP contribution in [0.1, 0.15) is 66.2 Å². The van der Waals surface area contributed by atoms with Gasteiger partial charge in [-0.3, -0.25) is 0 Å². The van der Waals surface area contributed by atoms with E-state index >= 15 is 0 Å². The topological polar surface area (TPSA) is 24.1 Å². The Kier molecular flexibility index (Phi) is 4.40. The van der Waals surface area contributed by atoms with Crippen molar-refractivity contribution in [1.82, 2.24) is 10.6 Å². The summed E-state index contributed by atoms with van der Waals surface area (Å²) in [5.41, 5.74) is 1.33. The lowest BCUT2D eigenvalue weighted by Gasteiger charge is -2.61. The summed E-state index contributed by atoms with van der Waals surface area (Å²) in [4.78, 5) is 0. The Morgan fingerprint density at radius 1 is 1.00 bits per heavy atom. The van der Waals surface area contributed by atoms with Gasteiger partial charge in [-0.05, 0) is 80.6 Å². The fourth-order valence-electron chi connectivity index (χ4n) is 6.19. The quantitative estimate of drug-likeness (QED) is 0.745. The normalized spacial score (nSPS) is 42.7. The van der Waals surface area contributed by atoms with Crippen molar-refractivity contribution in [3.63, 3.8) is 0 Å². The van der Waals surface area contributed by atoms with Gasteiger partial charge in [0.05, 0.1) is 0 Å². The molecule has 4 rings (SSSR count). The van der Waals surface area contributed by atoms with E-state index in [1.54, 1.807) is 6.42 Å². The average Bonchev–Trinajstić information content (AvgIpc) is 2.33. The lowest BCUT2D eigenvalue weighted by atomic mass is 9.44. The number of rotatable bonds is 7. The van der Waals surface area contributed by atoms with Crippen LogP contribution in [-0.4, -0.2) is 25.7 Å². The van der Waals surface area contributed by atoms with Crippen LogP contribution in [0.25, 0.3) is 0 Å². The Hall–Kier alpha value is -0.0800. The molecule has 4 fully saturated rings. The highest BCUT2D eigenvalue weighted by atomic mass is 15.0. The molecule has 3 atom stereocenters. The van der Waals surface area contributed by atoms with Gasteiger partial charge in [0, 0.05) is 19.1 Å². The molecule has 3 unspecified atom stereocenters. The van der Waals surface area contributed by atoms with Crippen molar-refractivity contribution in [2.24, 2.45) is 28.6 Å². The molecule has 0 aromatic heterocycles. The van der Waals surface area contributed by atoms with Gasteiger partial charge >= 0.3 is 0 Å². The van der Waals surface area contributed by atoms with Gasteiger partial charge in [0.1, 0.15) is 0 Å². The van der Waals surface area contributed by atoms with E-state index in [2.05, 4.69) is 38.3 Å². The molecule has 0 spiro atoms. The standard InChI is InChI=1S/C19H36N2/c1-14(2)10-20-11-15(3)21-13-19-8-16-5-17(9-19)7-18(4,6-16)12-19/h14-17,20-21H,5-13H2,1-4H3. The van der Waals surface area contributed by atoms with Crippen LogP contribution in [0.15, 0.2) is 0 Å². The highest BCUT2D eigenvalue weighted by Gasteiger charge is 2.55. The van der Waals surface area contributed by atoms with Gasteiger partial charge in [-0.15, -0.1) is 0 Å². The minimum absolute atomic E-state index is 0.601. The van der Waals surface area contributed by atoms with Crippen LogP contribution in [0.3, 0.4) is 0 Å². The molecule has 0 aromatic rings. The van der Waals surface area contributed by atoms with Gasteiger partial charge in [0.2, 0.25) is 0 Å². The second-order valence-electron chi connectivity index (χ2n) is 9.61. The van der Waals surface area contributed by atoms with E-state index in [1.807, 2.05) is 0 Å². The fraction of sp³-hybridized carbons (Fsp3) is 1.00. The molecule has 0 saturated heterocycles. The highest BCUT2D eigenvalue weighted by molar-refractivity contribution is 5.06. The Morgan fingerprint density at radius 3 is 2.24 bits per heavy atom. The molecule has 4 saturated carbocycles. The predicted molar refractivity (Wildman–Crippen MR) is 90.4 cm³/mol. The van der Waals surface area contributed by atoms with Crippen LogP contribution in [-0.2, 0) is 0 Å². The summed E-state index contributed by atoms with van der Waals surface area (Å²) in [6.45, 7) is 13.0. The van der Waals surface area contributed by atoms with Crippen molar-refractivity contribution < 1.29 is 0 Å². The lowest BCUT2D eigenvalue weighted by molar-refractivity contribution is -0.100. The molecule has 122 valence electrons. The van der Waals surface area contributed by atoms with E-state index in [4.69, 9.17) is 0 Å². The lowest BCUT2D eigenvalue weighted by Crippen LogP contribution is -2.55. The Bertz CT molecular complexity index is 349. The molecule has 4 bridgehead atoms. The van der Waals surface area contributed by atoms with Gasteiger partial charge in [0.15, 0.2) is 0 Å². The van der Waals surface area contributed by atoms with Crippen LogP contribution in [0.2, 0.25) is 0 Å². The Balaban J connectivity index is 1.49. The molecule has 2 N–H and O–H groups in total. The zero-order chi connectivity index (χ0) is 15.1. The van der Waals surface area contributed by atoms with Crippen molar-refractivity contribution in [3.8, 4) is 0 Å². The monoisotopic (exact) mass is 292 g/mol. The zero-order valence-corrected chi connectivity index (χ0v) is 14.7. The number of hydrogen-bond donors (Lipinski definition) is 2. The summed E-state index contributed by atoms with van der Waals surface area (Å²) in [6.07, 6.45) is 9.11. The van der Waals surface area contributed by atoms with Gasteiger partial charge in [-0.25, -0.2) is 0 Å². The first kappa shape index (κ1) is 15.8. The van der Waals surface area contributed by atoms with Crippen LogP contribution >= 0.6 is 0 Å². The smallest absolute Gasteiger partial charge is 0.0164 e. The summed E-state index contributed by atoms with van der Waals surface area (Å²) in [6, 6.07) is 0.601. The fourth-order valence-corrected chi connectivity index (χ4v) is 6.19. The van der Waals surface area contributed by atoms with Crippen LogP contribution in [0, 0.1) is 28.6 Å². The molecule has 4 aliphatic rings. The molecule has 0 heterocycles. The maximum absolute atomic E-state index is 3.87. The third kappa shape index (κ3) is 3.64. The Labute approximate surface area is 131 Å². The highest BCUT2D eigenvalue weighted by Crippen LogP contribution is 2.64. The zero-order valence-electron chi connectivity index (χ0n) is 14.7. The van der Waals surface area contributed by atoms with E-state index in [1.165, 1.54) is 38.6 Å². The Morgan fingerprint density at radius 2 is 1.67 bits per heavy atom. The molecule has 2 nitrogen and oxygen atoms in total. The molecule has 0 amide bonds. The maximum atomic E-state index is 3.87. The van der Waals surface area contributed by atoms with Gasteiger partial charge < -0.3 is 10.6 Å². The van der Waals surface area contributed by atoms with Crippen LogP contribution < -0.4 is 10.6 Å². The second-order valence-corrected chi connectivity index (χ2v) is 9.61. The molecule has 2 heteroatoms. The van der Waals surface area contributed by atoms with Crippen molar-refractivity contribution in [1.29, 1.82) is 0 Å². The predicted octanol–water partition coefficient (Wildman–Crippen LogP) is 3.82. The molecular formula is C19H36N2.